The van der Waals surface area contributed by atoms with Crippen LogP contribution in [0.2, 0.25) is 0 Å². The van der Waals surface area contributed by atoms with Crippen molar-refractivity contribution in [3.05, 3.63) is 17.4 Å². The van der Waals surface area contributed by atoms with Gasteiger partial charge in [0.15, 0.2) is 0 Å². The zero-order chi connectivity index (χ0) is 18.5. The van der Waals surface area contributed by atoms with E-state index < -0.39 is 0 Å². The Morgan fingerprint density at radius 2 is 1.96 bits per heavy atom. The van der Waals surface area contributed by atoms with E-state index in [1.165, 1.54) is 30.3 Å². The highest BCUT2D eigenvalue weighted by atomic mass is 16.5. The molecule has 0 radical (unpaired) electrons. The summed E-state index contributed by atoms with van der Waals surface area (Å²) in [6.07, 6.45) is 10.4. The third kappa shape index (κ3) is 4.63. The number of piperidine rings is 1. The summed E-state index contributed by atoms with van der Waals surface area (Å²) in [5.74, 6) is 1.69. The average molecular weight is 361 g/mol. The molecule has 2 fully saturated rings. The maximum atomic E-state index is 11.3. The minimum absolute atomic E-state index is 0.363. The molecule has 7 nitrogen and oxygen atoms in total. The quantitative estimate of drug-likeness (QED) is 0.571. The summed E-state index contributed by atoms with van der Waals surface area (Å²) in [4.78, 5) is 18.2. The fourth-order valence-electron chi connectivity index (χ4n) is 3.90. The normalized spacial score (nSPS) is 20.0. The van der Waals surface area contributed by atoms with E-state index in [0.717, 1.165) is 56.2 Å². The lowest BCUT2D eigenvalue weighted by Crippen LogP contribution is -2.40. The Kier molecular flexibility index (Phi) is 6.29. The predicted octanol–water partition coefficient (Wildman–Crippen LogP) is 1.78. The summed E-state index contributed by atoms with van der Waals surface area (Å²) in [5, 5.41) is 5.98. The minimum Gasteiger partial charge on any atom is -0.378 e. The van der Waals surface area contributed by atoms with Crippen molar-refractivity contribution >= 4 is 12.2 Å². The maximum Gasteiger partial charge on any atom is 0.255 e. The molecule has 1 aromatic rings. The van der Waals surface area contributed by atoms with E-state index in [4.69, 9.17) is 4.74 Å². The summed E-state index contributed by atoms with van der Waals surface area (Å²) >= 11 is 0. The number of nitrogens with zero attached hydrogens (tertiary/aromatic N) is 5. The Hall–Kier alpha value is -1.89. The van der Waals surface area contributed by atoms with Crippen LogP contribution in [0.1, 0.15) is 44.1 Å². The molecule has 0 atom stereocenters. The zero-order valence-corrected chi connectivity index (χ0v) is 16.2. The topological polar surface area (TPSA) is 63.0 Å². The largest absolute Gasteiger partial charge is 0.378 e. The second-order valence-electron chi connectivity index (χ2n) is 7.68. The summed E-state index contributed by atoms with van der Waals surface area (Å²) in [5.41, 5.74) is 1.39. The molecule has 0 bridgehead atoms. The van der Waals surface area contributed by atoms with Gasteiger partial charge in [0.05, 0.1) is 6.10 Å². The van der Waals surface area contributed by atoms with Crippen LogP contribution in [-0.4, -0.2) is 60.9 Å². The molecule has 1 aromatic heterocycles. The van der Waals surface area contributed by atoms with E-state index in [2.05, 4.69) is 15.0 Å². The molecule has 1 aliphatic carbocycles. The monoisotopic (exact) mass is 361 g/mol. The number of carbonyl (C=O) groups excluding carboxylic acids is 1. The third-order valence-corrected chi connectivity index (χ3v) is 5.31. The molecule has 1 saturated heterocycles. The molecule has 144 valence electrons. The predicted molar refractivity (Wildman–Crippen MR) is 102 cm³/mol. The Bertz CT molecular complexity index is 671. The van der Waals surface area contributed by atoms with Crippen LogP contribution in [0.3, 0.4) is 0 Å². The molecular weight excluding hydrogens is 330 g/mol. The van der Waals surface area contributed by atoms with Crippen LogP contribution in [0.4, 0.5) is 5.82 Å². The molecule has 0 unspecified atom stereocenters. The van der Waals surface area contributed by atoms with Crippen LogP contribution in [0, 0.1) is 12.8 Å². The molecule has 3 rings (SSSR count). The van der Waals surface area contributed by atoms with Gasteiger partial charge in [-0.2, -0.15) is 4.98 Å². The van der Waals surface area contributed by atoms with Gasteiger partial charge in [0, 0.05) is 45.6 Å². The second-order valence-corrected chi connectivity index (χ2v) is 7.68. The van der Waals surface area contributed by atoms with Gasteiger partial charge in [-0.15, -0.1) is 5.10 Å². The number of ether oxygens (including phenoxy) is 1. The highest BCUT2D eigenvalue weighted by Gasteiger charge is 2.24. The van der Waals surface area contributed by atoms with Gasteiger partial charge in [0.1, 0.15) is 5.82 Å². The molecule has 1 aliphatic heterocycles. The van der Waals surface area contributed by atoms with E-state index in [1.54, 1.807) is 11.2 Å². The highest BCUT2D eigenvalue weighted by molar-refractivity contribution is 5.54. The second kappa shape index (κ2) is 8.66. The SMILES string of the molecule is Cc1cn(C=O)/c(=N\N(C)C)nc1N1CCC(OCC2CCCC2)CC1. The standard InChI is InChI=1S/C19H31N5O2/c1-15-12-24(14-25)19(21-22(2)3)20-18(15)23-10-8-17(9-11-23)26-13-16-6-4-5-7-16/h12,14,16-17H,4-11,13H2,1-3H3/b21-19-. The average Bonchev–Trinajstić information content (AvgIpc) is 3.15. The van der Waals surface area contributed by atoms with E-state index in [9.17, 15) is 4.79 Å². The van der Waals surface area contributed by atoms with Crippen molar-refractivity contribution in [2.75, 3.05) is 38.7 Å². The van der Waals surface area contributed by atoms with Crippen LogP contribution >= 0.6 is 0 Å². The van der Waals surface area contributed by atoms with Gasteiger partial charge in [-0.1, -0.05) is 12.8 Å². The van der Waals surface area contributed by atoms with Gasteiger partial charge < -0.3 is 9.64 Å². The van der Waals surface area contributed by atoms with Crippen LogP contribution in [0.25, 0.3) is 0 Å². The maximum absolute atomic E-state index is 11.3. The Morgan fingerprint density at radius 1 is 1.27 bits per heavy atom. The fraction of sp³-hybridized carbons (Fsp3) is 0.737. The van der Waals surface area contributed by atoms with Crippen molar-refractivity contribution in [1.29, 1.82) is 0 Å². The summed E-state index contributed by atoms with van der Waals surface area (Å²) in [6, 6.07) is 0. The molecule has 26 heavy (non-hydrogen) atoms. The molecular formula is C19H31N5O2. The number of hydrogen-bond donors (Lipinski definition) is 0. The van der Waals surface area contributed by atoms with Crippen LogP contribution in [0.15, 0.2) is 11.3 Å². The van der Waals surface area contributed by atoms with Crippen molar-refractivity contribution in [3.8, 4) is 0 Å². The minimum atomic E-state index is 0.363. The van der Waals surface area contributed by atoms with E-state index in [0.29, 0.717) is 11.7 Å². The zero-order valence-electron chi connectivity index (χ0n) is 16.2. The number of aromatic nitrogens is 2. The molecule has 7 heteroatoms. The van der Waals surface area contributed by atoms with Gasteiger partial charge in [0.2, 0.25) is 6.41 Å². The van der Waals surface area contributed by atoms with E-state index in [-0.39, 0.29) is 0 Å². The van der Waals surface area contributed by atoms with Crippen molar-refractivity contribution in [3.63, 3.8) is 0 Å². The lowest BCUT2D eigenvalue weighted by molar-refractivity contribution is 0.0163. The lowest BCUT2D eigenvalue weighted by atomic mass is 10.1. The van der Waals surface area contributed by atoms with Crippen molar-refractivity contribution < 1.29 is 9.53 Å². The first-order valence-electron chi connectivity index (χ1n) is 9.70. The summed E-state index contributed by atoms with van der Waals surface area (Å²) < 4.78 is 7.60. The molecule has 1 saturated carbocycles. The van der Waals surface area contributed by atoms with E-state index in [1.807, 2.05) is 21.0 Å². The third-order valence-electron chi connectivity index (χ3n) is 5.31. The fourth-order valence-corrected chi connectivity index (χ4v) is 3.90. The Morgan fingerprint density at radius 3 is 2.58 bits per heavy atom. The first-order chi connectivity index (χ1) is 12.6. The molecule has 0 amide bonds. The summed E-state index contributed by atoms with van der Waals surface area (Å²) in [7, 11) is 3.65. The number of anilines is 1. The van der Waals surface area contributed by atoms with Gasteiger partial charge in [-0.05, 0) is 38.5 Å². The Balaban J connectivity index is 1.64. The van der Waals surface area contributed by atoms with E-state index >= 15 is 0 Å². The molecule has 0 spiro atoms. The summed E-state index contributed by atoms with van der Waals surface area (Å²) in [6.45, 7) is 4.77. The molecule has 0 aromatic carbocycles. The molecule has 2 heterocycles. The molecule has 0 N–H and O–H groups in total. The smallest absolute Gasteiger partial charge is 0.255 e. The van der Waals surface area contributed by atoms with Gasteiger partial charge >= 0.3 is 0 Å². The van der Waals surface area contributed by atoms with Gasteiger partial charge in [-0.25, -0.2) is 0 Å². The van der Waals surface area contributed by atoms with Crippen molar-refractivity contribution in [1.82, 2.24) is 14.6 Å². The molecule has 2 aliphatic rings. The van der Waals surface area contributed by atoms with Crippen molar-refractivity contribution in [2.24, 2.45) is 11.0 Å². The van der Waals surface area contributed by atoms with Crippen molar-refractivity contribution in [2.45, 2.75) is 51.6 Å². The number of aryl methyl sites for hydroxylation is 1. The van der Waals surface area contributed by atoms with Gasteiger partial charge in [-0.3, -0.25) is 14.4 Å². The number of carbonyl (C=O) groups is 1. The number of hydrogen-bond acceptors (Lipinski definition) is 6. The number of rotatable bonds is 6. The van der Waals surface area contributed by atoms with Crippen LogP contribution in [0.5, 0.6) is 0 Å². The highest BCUT2D eigenvalue weighted by Crippen LogP contribution is 2.27. The first kappa shape index (κ1) is 18.9. The van der Waals surface area contributed by atoms with Gasteiger partial charge in [0.25, 0.3) is 5.62 Å². The van der Waals surface area contributed by atoms with Crippen LogP contribution < -0.4 is 10.5 Å². The van der Waals surface area contributed by atoms with Crippen LogP contribution in [-0.2, 0) is 9.53 Å². The first-order valence-corrected chi connectivity index (χ1v) is 9.70. The Labute approximate surface area is 155 Å². The lowest BCUT2D eigenvalue weighted by Gasteiger charge is -2.34.